The Morgan fingerprint density at radius 1 is 1.02 bits per heavy atom. The summed E-state index contributed by atoms with van der Waals surface area (Å²) in [5.41, 5.74) is 15.4. The number of benzene rings is 3. The number of carbonyl (C=O) groups excluding carboxylic acids is 1. The van der Waals surface area contributed by atoms with Crippen molar-refractivity contribution in [3.05, 3.63) is 83.1 Å². The number of aryl methyl sites for hydroxylation is 1. The number of nitrogens with two attached hydrogens (primary N) is 2. The van der Waals surface area contributed by atoms with Crippen LogP contribution >= 0.6 is 24.2 Å². The van der Waals surface area contributed by atoms with Crippen LogP contribution < -0.4 is 16.8 Å². The number of thiol groups is 1. The number of hydrogen-bond acceptors (Lipinski definition) is 5. The molecule has 0 saturated heterocycles. The van der Waals surface area contributed by atoms with Gasteiger partial charge in [0, 0.05) is 17.1 Å². The standard InChI is InChI=1S/C25H32FN3.C6H5ClS.C3H8.C2H5NO.2C2H6/c1-5-18-13-21(20-9-12-24(27)23(26)15-20)14-19(6-2)25(18)29-17(4)28-22-10-7-16(3)8-11-22;7-5-3-1-2-4-6(5)8;1-3-2;3-1-2-4;2*1-2/h5,9,12-16,22H,1,6-8,10-11,27H2,2-4H3,(H,28,29);1-4,8H;3H2,1-2H3;2H,1,3H2;2*1-2H3. The fourth-order valence-corrected chi connectivity index (χ4v) is 4.80. The molecule has 0 unspecified atom stereocenters. The Bertz CT molecular complexity index is 1320. The fourth-order valence-electron chi connectivity index (χ4n) is 4.50. The van der Waals surface area contributed by atoms with E-state index in [1.807, 2.05) is 77.1 Å². The minimum atomic E-state index is -0.396. The molecule has 1 aliphatic rings. The van der Waals surface area contributed by atoms with Gasteiger partial charge in [0.15, 0.2) is 0 Å². The first-order valence-electron chi connectivity index (χ1n) is 17.3. The molecule has 1 aliphatic carbocycles. The molecule has 0 heterocycles. The second-order valence-corrected chi connectivity index (χ2v) is 11.6. The third kappa shape index (κ3) is 18.4. The van der Waals surface area contributed by atoms with E-state index in [1.54, 1.807) is 6.07 Å². The van der Waals surface area contributed by atoms with Gasteiger partial charge in [0.1, 0.15) is 12.1 Å². The molecule has 0 atom stereocenters. The van der Waals surface area contributed by atoms with Gasteiger partial charge in [-0.05, 0) is 104 Å². The lowest BCUT2D eigenvalue weighted by Gasteiger charge is -2.24. The molecule has 48 heavy (non-hydrogen) atoms. The van der Waals surface area contributed by atoms with Crippen molar-refractivity contribution in [3.63, 3.8) is 0 Å². The number of nitrogens with zero attached hydrogens (tertiary/aromatic N) is 1. The molecule has 5 nitrogen and oxygen atoms in total. The topological polar surface area (TPSA) is 93.5 Å². The van der Waals surface area contributed by atoms with Crippen LogP contribution in [0.1, 0.15) is 106 Å². The molecule has 0 bridgehead atoms. The van der Waals surface area contributed by atoms with E-state index in [9.17, 15) is 4.39 Å². The maximum absolute atomic E-state index is 14.0. The highest BCUT2D eigenvalue weighted by molar-refractivity contribution is 7.80. The van der Waals surface area contributed by atoms with E-state index in [-0.39, 0.29) is 12.2 Å². The lowest BCUT2D eigenvalue weighted by atomic mass is 9.88. The summed E-state index contributed by atoms with van der Waals surface area (Å²) in [6.45, 7) is 22.9. The smallest absolute Gasteiger partial charge is 0.146 e. The van der Waals surface area contributed by atoms with Gasteiger partial charge in [-0.3, -0.25) is 4.99 Å². The number of aldehydes is 1. The number of hydrogen-bond donors (Lipinski definition) is 4. The number of nitrogen functional groups attached to an aromatic ring is 1. The number of amidine groups is 1. The molecule has 8 heteroatoms. The van der Waals surface area contributed by atoms with Gasteiger partial charge in [0.05, 0.1) is 22.6 Å². The van der Waals surface area contributed by atoms with E-state index < -0.39 is 5.82 Å². The van der Waals surface area contributed by atoms with Crippen molar-refractivity contribution in [1.29, 1.82) is 0 Å². The van der Waals surface area contributed by atoms with Crippen LogP contribution in [0, 0.1) is 11.7 Å². The Morgan fingerprint density at radius 2 is 1.58 bits per heavy atom. The molecule has 3 aromatic rings. The Kier molecular flexibility index (Phi) is 28.2. The van der Waals surface area contributed by atoms with E-state index in [2.05, 4.69) is 64.0 Å². The number of aliphatic imine (C=N–C) groups is 1. The minimum absolute atomic E-state index is 0.139. The van der Waals surface area contributed by atoms with Gasteiger partial charge in [-0.1, -0.05) is 104 Å². The quantitative estimate of drug-likeness (QED) is 0.0677. The lowest BCUT2D eigenvalue weighted by molar-refractivity contribution is -0.106. The molecule has 1 saturated carbocycles. The number of nitrogens with one attached hydrogen (secondary N) is 1. The molecule has 268 valence electrons. The predicted octanol–water partition coefficient (Wildman–Crippen LogP) is 11.9. The SMILES string of the molecule is C=Cc1cc(-c2ccc(N)c(F)c2)cc(CC)c1NC(C)=NC1CCC(C)CC1.CC.CC.CCC.NCC=O.Sc1ccccc1Cl. The highest BCUT2D eigenvalue weighted by Crippen LogP contribution is 2.32. The molecule has 4 rings (SSSR count). The second-order valence-electron chi connectivity index (χ2n) is 10.7. The van der Waals surface area contributed by atoms with Crippen LogP contribution in [-0.2, 0) is 11.2 Å². The zero-order valence-electron chi connectivity index (χ0n) is 30.9. The molecular weight excluding hydrogens is 639 g/mol. The summed E-state index contributed by atoms with van der Waals surface area (Å²) in [7, 11) is 0. The lowest BCUT2D eigenvalue weighted by Crippen LogP contribution is -2.19. The minimum Gasteiger partial charge on any atom is -0.396 e. The maximum atomic E-state index is 14.0. The average Bonchev–Trinajstić information content (AvgIpc) is 3.11. The summed E-state index contributed by atoms with van der Waals surface area (Å²) in [6, 6.07) is 16.9. The normalized spacial score (nSPS) is 14.6. The molecule has 0 aromatic heterocycles. The van der Waals surface area contributed by atoms with Gasteiger partial charge in [0.2, 0.25) is 0 Å². The fraction of sp³-hybridized carbons (Fsp3) is 0.450. The molecule has 0 aliphatic heterocycles. The van der Waals surface area contributed by atoms with Crippen molar-refractivity contribution >= 4 is 53.8 Å². The van der Waals surface area contributed by atoms with Crippen LogP contribution in [0.25, 0.3) is 17.2 Å². The molecule has 1 fully saturated rings. The summed E-state index contributed by atoms with van der Waals surface area (Å²) < 4.78 is 14.0. The van der Waals surface area contributed by atoms with Crippen LogP contribution in [0.3, 0.4) is 0 Å². The summed E-state index contributed by atoms with van der Waals surface area (Å²) in [6.07, 6.45) is 9.43. The van der Waals surface area contributed by atoms with Crippen LogP contribution in [0.2, 0.25) is 5.02 Å². The van der Waals surface area contributed by atoms with Gasteiger partial charge in [0.25, 0.3) is 0 Å². The molecular formula is C40H62ClFN4OS. The van der Waals surface area contributed by atoms with E-state index in [0.29, 0.717) is 17.4 Å². The van der Waals surface area contributed by atoms with Crippen molar-refractivity contribution in [3.8, 4) is 11.1 Å². The zero-order valence-corrected chi connectivity index (χ0v) is 32.5. The van der Waals surface area contributed by atoms with Crippen molar-refractivity contribution in [2.45, 2.75) is 112 Å². The van der Waals surface area contributed by atoms with Crippen molar-refractivity contribution in [2.75, 3.05) is 17.6 Å². The summed E-state index contributed by atoms with van der Waals surface area (Å²) in [5.74, 6) is 1.36. The largest absolute Gasteiger partial charge is 0.396 e. The van der Waals surface area contributed by atoms with E-state index in [1.165, 1.54) is 25.3 Å². The van der Waals surface area contributed by atoms with E-state index in [0.717, 1.165) is 63.9 Å². The van der Waals surface area contributed by atoms with Crippen LogP contribution in [0.4, 0.5) is 15.8 Å². The molecule has 5 N–H and O–H groups in total. The second kappa shape index (κ2) is 28.8. The molecule has 0 radical (unpaired) electrons. The first kappa shape index (κ1) is 47.0. The predicted molar refractivity (Wildman–Crippen MR) is 216 cm³/mol. The highest BCUT2D eigenvalue weighted by Gasteiger charge is 2.18. The third-order valence-corrected chi connectivity index (χ3v) is 7.65. The third-order valence-electron chi connectivity index (χ3n) is 6.80. The summed E-state index contributed by atoms with van der Waals surface area (Å²) in [4.78, 5) is 14.8. The molecule has 3 aromatic carbocycles. The Balaban J connectivity index is 0. The van der Waals surface area contributed by atoms with E-state index >= 15 is 0 Å². The number of anilines is 2. The van der Waals surface area contributed by atoms with Crippen LogP contribution in [0.15, 0.2) is 71.1 Å². The Morgan fingerprint density at radius 3 is 2.02 bits per heavy atom. The van der Waals surface area contributed by atoms with Gasteiger partial charge in [-0.25, -0.2) is 4.39 Å². The van der Waals surface area contributed by atoms with E-state index in [4.69, 9.17) is 27.1 Å². The van der Waals surface area contributed by atoms with Gasteiger partial charge in [-0.2, -0.15) is 0 Å². The van der Waals surface area contributed by atoms with Crippen LogP contribution in [-0.4, -0.2) is 24.7 Å². The van der Waals surface area contributed by atoms with Crippen LogP contribution in [0.5, 0.6) is 0 Å². The number of rotatable bonds is 6. The first-order valence-corrected chi connectivity index (χ1v) is 18.1. The summed E-state index contributed by atoms with van der Waals surface area (Å²) in [5, 5.41) is 4.23. The highest BCUT2D eigenvalue weighted by atomic mass is 35.5. The molecule has 0 spiro atoms. The monoisotopic (exact) mass is 700 g/mol. The first-order chi connectivity index (χ1) is 23.0. The number of carbonyl (C=O) groups is 1. The zero-order chi connectivity index (χ0) is 37.1. The molecule has 0 amide bonds. The number of halogens is 2. The van der Waals surface area contributed by atoms with Crippen molar-refractivity contribution < 1.29 is 9.18 Å². The van der Waals surface area contributed by atoms with Crippen molar-refractivity contribution in [2.24, 2.45) is 16.6 Å². The van der Waals surface area contributed by atoms with Crippen molar-refractivity contribution in [1.82, 2.24) is 0 Å². The average molecular weight is 701 g/mol. The van der Waals surface area contributed by atoms with Gasteiger partial charge < -0.3 is 21.6 Å². The summed E-state index contributed by atoms with van der Waals surface area (Å²) >= 11 is 9.70. The Labute approximate surface area is 302 Å². The van der Waals surface area contributed by atoms with Gasteiger partial charge >= 0.3 is 0 Å². The maximum Gasteiger partial charge on any atom is 0.146 e. The van der Waals surface area contributed by atoms with Gasteiger partial charge in [-0.15, -0.1) is 12.6 Å². The Hall–Kier alpha value is -3.13.